The van der Waals surface area contributed by atoms with Gasteiger partial charge in [-0.25, -0.2) is 18.2 Å². The van der Waals surface area contributed by atoms with Crippen LogP contribution in [0.2, 0.25) is 0 Å². The van der Waals surface area contributed by atoms with Crippen molar-refractivity contribution < 1.29 is 22.7 Å². The number of fused-ring (bicyclic) bond motifs is 1. The number of aromatic nitrogens is 3. The van der Waals surface area contributed by atoms with Crippen molar-refractivity contribution in [3.8, 4) is 17.4 Å². The van der Waals surface area contributed by atoms with E-state index >= 15 is 0 Å². The molecule has 46 heavy (non-hydrogen) atoms. The van der Waals surface area contributed by atoms with E-state index in [1.807, 2.05) is 57.2 Å². The van der Waals surface area contributed by atoms with E-state index in [0.29, 0.717) is 35.5 Å². The van der Waals surface area contributed by atoms with Gasteiger partial charge in [0.05, 0.1) is 30.4 Å². The molecule has 3 aromatic carbocycles. The van der Waals surface area contributed by atoms with E-state index in [9.17, 15) is 13.2 Å². The normalized spacial score (nSPS) is 11.5. The van der Waals surface area contributed by atoms with Crippen molar-refractivity contribution in [1.29, 1.82) is 0 Å². The number of urea groups is 1. The molecule has 5 rings (SSSR count). The molecule has 238 valence electrons. The molecule has 0 radical (unpaired) electrons. The number of amides is 2. The molecule has 2 amide bonds. The van der Waals surface area contributed by atoms with Gasteiger partial charge in [0, 0.05) is 42.0 Å². The van der Waals surface area contributed by atoms with Gasteiger partial charge in [0.15, 0.2) is 5.75 Å². The summed E-state index contributed by atoms with van der Waals surface area (Å²) in [4.78, 5) is 26.1. The number of methoxy groups -OCH3 is 1. The summed E-state index contributed by atoms with van der Waals surface area (Å²) in [5.41, 5.74) is 2.54. The topological polar surface area (TPSA) is 156 Å². The van der Waals surface area contributed by atoms with Crippen LogP contribution in [0.1, 0.15) is 31.9 Å². The van der Waals surface area contributed by atoms with Crippen LogP contribution in [0.5, 0.6) is 17.4 Å². The summed E-state index contributed by atoms with van der Waals surface area (Å²) in [6.45, 7) is 6.49. The minimum atomic E-state index is -3.62. The highest BCUT2D eigenvalue weighted by atomic mass is 32.2. The third-order valence-corrected chi connectivity index (χ3v) is 7.47. The number of benzene rings is 3. The molecule has 0 bridgehead atoms. The lowest BCUT2D eigenvalue weighted by Crippen LogP contribution is -2.22. The first-order valence-corrected chi connectivity index (χ1v) is 16.2. The van der Waals surface area contributed by atoms with Crippen molar-refractivity contribution in [2.75, 3.05) is 34.0 Å². The number of nitrogens with one attached hydrogen (secondary N) is 4. The fourth-order valence-corrected chi connectivity index (χ4v) is 5.23. The predicted octanol–water partition coefficient (Wildman–Crippen LogP) is 6.75. The number of pyridine rings is 1. The molecule has 4 N–H and O–H groups in total. The monoisotopic (exact) mass is 641 g/mol. The van der Waals surface area contributed by atoms with E-state index in [1.54, 1.807) is 48.9 Å². The van der Waals surface area contributed by atoms with Gasteiger partial charge < -0.3 is 25.4 Å². The quantitative estimate of drug-likeness (QED) is 0.129. The minimum absolute atomic E-state index is 0.182. The maximum atomic E-state index is 13.4. The zero-order chi connectivity index (χ0) is 32.9. The Kier molecular flexibility index (Phi) is 9.23. The number of hydrogen-bond donors (Lipinski definition) is 4. The first-order valence-electron chi connectivity index (χ1n) is 14.3. The third-order valence-electron chi connectivity index (χ3n) is 6.88. The smallest absolute Gasteiger partial charge is 0.323 e. The van der Waals surface area contributed by atoms with E-state index in [1.165, 1.54) is 7.11 Å². The number of nitrogens with zero attached hydrogens (tertiary/aromatic N) is 3. The Balaban J connectivity index is 1.37. The molecule has 2 aromatic heterocycles. The Morgan fingerprint density at radius 3 is 2.26 bits per heavy atom. The molecule has 0 unspecified atom stereocenters. The second kappa shape index (κ2) is 13.3. The van der Waals surface area contributed by atoms with Gasteiger partial charge in [-0.1, -0.05) is 45.0 Å². The highest BCUT2D eigenvalue weighted by molar-refractivity contribution is 7.92. The van der Waals surface area contributed by atoms with Gasteiger partial charge in [0.25, 0.3) is 0 Å². The van der Waals surface area contributed by atoms with Gasteiger partial charge in [-0.15, -0.1) is 0 Å². The molecular weight excluding hydrogens is 606 g/mol. The van der Waals surface area contributed by atoms with Gasteiger partial charge in [0.2, 0.25) is 21.9 Å². The second-order valence-electron chi connectivity index (χ2n) is 11.5. The molecule has 0 saturated heterocycles. The lowest BCUT2D eigenvalue weighted by Gasteiger charge is -2.24. The van der Waals surface area contributed by atoms with Crippen LogP contribution >= 0.6 is 0 Å². The molecule has 0 aliphatic carbocycles. The van der Waals surface area contributed by atoms with Gasteiger partial charge in [0.1, 0.15) is 5.75 Å². The maximum Gasteiger partial charge on any atom is 0.323 e. The summed E-state index contributed by atoms with van der Waals surface area (Å²) in [5.74, 6) is 1.48. The molecule has 0 aliphatic heterocycles. The highest BCUT2D eigenvalue weighted by Gasteiger charge is 2.22. The van der Waals surface area contributed by atoms with Crippen LogP contribution in [0.15, 0.2) is 85.3 Å². The summed E-state index contributed by atoms with van der Waals surface area (Å²) >= 11 is 0. The van der Waals surface area contributed by atoms with Gasteiger partial charge >= 0.3 is 6.03 Å². The highest BCUT2D eigenvalue weighted by Crippen LogP contribution is 2.39. The van der Waals surface area contributed by atoms with E-state index < -0.39 is 16.1 Å². The third kappa shape index (κ3) is 7.99. The van der Waals surface area contributed by atoms with E-state index in [0.717, 1.165) is 28.2 Å². The van der Waals surface area contributed by atoms with Crippen molar-refractivity contribution in [2.24, 2.45) is 0 Å². The molecular formula is C33H35N7O5S. The molecule has 5 aromatic rings. The average Bonchev–Trinajstić information content (AvgIpc) is 3.00. The number of rotatable bonds is 10. The Labute approximate surface area is 267 Å². The first-order chi connectivity index (χ1) is 21.9. The summed E-state index contributed by atoms with van der Waals surface area (Å²) in [5, 5.41) is 10.4. The molecule has 12 nitrogen and oxygen atoms in total. The molecule has 2 heterocycles. The van der Waals surface area contributed by atoms with Crippen LogP contribution in [0, 0.1) is 0 Å². The van der Waals surface area contributed by atoms with E-state index in [4.69, 9.17) is 9.47 Å². The van der Waals surface area contributed by atoms with Crippen LogP contribution in [0.25, 0.3) is 10.8 Å². The van der Waals surface area contributed by atoms with Crippen molar-refractivity contribution in [2.45, 2.75) is 32.7 Å². The van der Waals surface area contributed by atoms with Crippen LogP contribution in [-0.2, 0) is 22.0 Å². The summed E-state index contributed by atoms with van der Waals surface area (Å²) in [7, 11) is -2.21. The van der Waals surface area contributed by atoms with Crippen LogP contribution in [-0.4, -0.2) is 42.8 Å². The van der Waals surface area contributed by atoms with Crippen molar-refractivity contribution in [3.05, 3.63) is 96.4 Å². The van der Waals surface area contributed by atoms with Crippen molar-refractivity contribution in [1.82, 2.24) is 15.0 Å². The number of carbonyl (C=O) groups excluding carboxylic acids is 1. The molecule has 0 aliphatic rings. The molecule has 0 spiro atoms. The minimum Gasteiger partial charge on any atom is -0.492 e. The standard InChI is InChI=1S/C33H35N7O5S/c1-33(2,3)22-18-26(30(44-4)27(19-22)40-46(5,42)43)38-32(41)37-25-10-11-28(24-9-7-6-8-23(24)25)45-29-14-17-35-31(39-29)36-20-21-12-15-34-16-13-21/h6-19,40H,20H2,1-5H3,(H,35,36,39)(H2,37,38,41). The number of hydrogen-bond acceptors (Lipinski definition) is 9. The Morgan fingerprint density at radius 1 is 0.870 bits per heavy atom. The summed E-state index contributed by atoms with van der Waals surface area (Å²) in [6, 6.07) is 19.4. The lowest BCUT2D eigenvalue weighted by molar-refractivity contribution is 0.262. The zero-order valence-electron chi connectivity index (χ0n) is 26.1. The summed E-state index contributed by atoms with van der Waals surface area (Å²) in [6.07, 6.45) is 6.11. The number of anilines is 4. The fourth-order valence-electron chi connectivity index (χ4n) is 4.67. The number of sulfonamides is 1. The van der Waals surface area contributed by atoms with Gasteiger partial charge in [-0.3, -0.25) is 9.71 Å². The zero-order valence-corrected chi connectivity index (χ0v) is 26.9. The maximum absolute atomic E-state index is 13.4. The summed E-state index contributed by atoms with van der Waals surface area (Å²) < 4.78 is 38.3. The molecule has 0 saturated carbocycles. The molecule has 0 fully saturated rings. The van der Waals surface area contributed by atoms with Gasteiger partial charge in [-0.05, 0) is 52.9 Å². The Hall–Kier alpha value is -5.43. The second-order valence-corrected chi connectivity index (χ2v) is 13.2. The Morgan fingerprint density at radius 2 is 1.57 bits per heavy atom. The van der Waals surface area contributed by atoms with Crippen molar-refractivity contribution in [3.63, 3.8) is 0 Å². The van der Waals surface area contributed by atoms with E-state index in [2.05, 4.69) is 35.6 Å². The first kappa shape index (κ1) is 32.0. The van der Waals surface area contributed by atoms with Crippen molar-refractivity contribution >= 4 is 49.8 Å². The predicted molar refractivity (Wildman–Crippen MR) is 180 cm³/mol. The molecule has 0 atom stereocenters. The lowest BCUT2D eigenvalue weighted by atomic mass is 9.86. The fraction of sp³-hybridized carbons (Fsp3) is 0.212. The van der Waals surface area contributed by atoms with Crippen LogP contribution < -0.4 is 30.1 Å². The van der Waals surface area contributed by atoms with Crippen LogP contribution in [0.3, 0.4) is 0 Å². The van der Waals surface area contributed by atoms with E-state index in [-0.39, 0.29) is 16.9 Å². The van der Waals surface area contributed by atoms with Crippen LogP contribution in [0.4, 0.5) is 27.8 Å². The largest absolute Gasteiger partial charge is 0.492 e. The Bertz CT molecular complexity index is 1980. The number of ether oxygens (including phenoxy) is 2. The average molecular weight is 642 g/mol. The number of carbonyl (C=O) groups is 1. The SMILES string of the molecule is COc1c(NC(=O)Nc2ccc(Oc3ccnc(NCc4ccncc4)n3)c3ccccc23)cc(C(C)(C)C)cc1NS(C)(=O)=O. The molecule has 13 heteroatoms. The van der Waals surface area contributed by atoms with Gasteiger partial charge in [-0.2, -0.15) is 4.98 Å².